The summed E-state index contributed by atoms with van der Waals surface area (Å²) in [6.07, 6.45) is 10.8. The molecule has 0 saturated carbocycles. The number of halogens is 2. The van der Waals surface area contributed by atoms with Crippen molar-refractivity contribution in [3.8, 4) is 0 Å². The first-order chi connectivity index (χ1) is 32.3. The quantitative estimate of drug-likeness (QED) is 0.0594. The highest BCUT2D eigenvalue weighted by atomic mass is 79.9. The van der Waals surface area contributed by atoms with E-state index in [1.54, 1.807) is 11.8 Å². The fourth-order valence-corrected chi connectivity index (χ4v) is 13.4. The van der Waals surface area contributed by atoms with Gasteiger partial charge in [-0.05, 0) is 143 Å². The summed E-state index contributed by atoms with van der Waals surface area (Å²) in [6.45, 7) is 10.2. The maximum atomic E-state index is 11.7. The van der Waals surface area contributed by atoms with E-state index in [1.807, 2.05) is 6.07 Å². The van der Waals surface area contributed by atoms with Crippen molar-refractivity contribution in [2.45, 2.75) is 69.1 Å². The van der Waals surface area contributed by atoms with Crippen LogP contribution in [0.5, 0.6) is 0 Å². The molecule has 8 nitrogen and oxygen atoms in total. The first-order valence-corrected chi connectivity index (χ1v) is 28.4. The van der Waals surface area contributed by atoms with E-state index < -0.39 is 31.1 Å². The van der Waals surface area contributed by atoms with Crippen LogP contribution in [-0.4, -0.2) is 60.8 Å². The number of rotatable bonds is 15. The minimum Gasteiger partial charge on any atom is -0.344 e. The highest BCUT2D eigenvalue weighted by Crippen LogP contribution is 2.53. The molecule has 0 unspecified atom stereocenters. The molecule has 0 radical (unpaired) electrons. The highest BCUT2D eigenvalue weighted by Gasteiger charge is 2.46. The van der Waals surface area contributed by atoms with Crippen LogP contribution < -0.4 is 4.90 Å². The molecule has 9 rings (SSSR count). The van der Waals surface area contributed by atoms with Crippen LogP contribution in [-0.2, 0) is 31.1 Å². The number of allylic oxidation sites excluding steroid dienone is 7. The lowest BCUT2D eigenvalue weighted by Crippen LogP contribution is -2.28. The molecule has 0 saturated heterocycles. The third kappa shape index (κ3) is 9.64. The molecular formula is C55H53Br2N2O6S3+. The molecule has 0 atom stereocenters. The van der Waals surface area contributed by atoms with Crippen molar-refractivity contribution < 1.29 is 30.5 Å². The highest BCUT2D eigenvalue weighted by molar-refractivity contribution is 9.10. The molecule has 2 heterocycles. The summed E-state index contributed by atoms with van der Waals surface area (Å²) in [5.41, 5.74) is 10.4. The van der Waals surface area contributed by atoms with Gasteiger partial charge in [0.05, 0.1) is 16.9 Å². The monoisotopic (exact) mass is 1090 g/mol. The van der Waals surface area contributed by atoms with E-state index >= 15 is 0 Å². The van der Waals surface area contributed by atoms with E-state index in [1.165, 1.54) is 11.1 Å². The standard InChI is InChI=1S/C55H52Br2N2O6S3/c1-54(2)49(58(30-10-12-32-67(60,61)62)47-26-18-36-34-38(56)20-22-41(36)51(47)54)28-24-45-43-16-8-9-17-44(43)46(53(45)66-40-14-6-5-7-15-40)25-29-50-55(3,4)52-42-23-21-39(57)35-37(42)19-27-48(52)59(50)31-11-13-33-68(63,64)65/h5-9,14-29,34-35H,10-13,30-33H2,1-4H3,(H-,60,61,62,63,64,65)/p+1. The first kappa shape index (κ1) is 48.4. The average molecular weight is 1090 g/mol. The van der Waals surface area contributed by atoms with Gasteiger partial charge < -0.3 is 4.90 Å². The molecule has 0 spiro atoms. The molecule has 6 aromatic carbocycles. The van der Waals surface area contributed by atoms with Crippen LogP contribution in [0.2, 0.25) is 0 Å². The SMILES string of the molecule is CC1(C)C(/C=C/C2=C(Sc3ccccc3)C(=C/C=C3/N(CCCCS(=O)(=O)O)c4ccc5cc(Br)ccc5c4C3(C)C)/c3ccccc32)=[N+](CCCCS(=O)(=O)O)c2ccc3cc(Br)ccc3c21. The molecule has 6 aromatic rings. The molecule has 0 fully saturated rings. The van der Waals surface area contributed by atoms with Crippen LogP contribution in [0.15, 0.2) is 164 Å². The summed E-state index contributed by atoms with van der Waals surface area (Å²) >= 11 is 9.07. The second kappa shape index (κ2) is 19.0. The van der Waals surface area contributed by atoms with Crippen LogP contribution in [0, 0.1) is 0 Å². The molecule has 0 bridgehead atoms. The van der Waals surface area contributed by atoms with Gasteiger partial charge in [0.15, 0.2) is 5.71 Å². The molecule has 13 heteroatoms. The van der Waals surface area contributed by atoms with Gasteiger partial charge in [-0.15, -0.1) is 0 Å². The van der Waals surface area contributed by atoms with E-state index in [0.717, 1.165) is 85.3 Å². The Morgan fingerprint density at radius 2 is 1.25 bits per heavy atom. The van der Waals surface area contributed by atoms with Crippen molar-refractivity contribution in [2.75, 3.05) is 29.5 Å². The predicted octanol–water partition coefficient (Wildman–Crippen LogP) is 14.1. The summed E-state index contributed by atoms with van der Waals surface area (Å²) in [5, 5.41) is 4.59. The van der Waals surface area contributed by atoms with Crippen molar-refractivity contribution in [3.05, 3.63) is 181 Å². The normalized spacial score (nSPS) is 17.7. The van der Waals surface area contributed by atoms with Crippen LogP contribution in [0.25, 0.3) is 32.7 Å². The number of anilines is 1. The Morgan fingerprint density at radius 1 is 0.647 bits per heavy atom. The van der Waals surface area contributed by atoms with E-state index in [-0.39, 0.29) is 11.5 Å². The zero-order valence-corrected chi connectivity index (χ0v) is 44.0. The van der Waals surface area contributed by atoms with Gasteiger partial charge in [-0.1, -0.05) is 124 Å². The molecule has 0 amide bonds. The Balaban J connectivity index is 1.19. The minimum absolute atomic E-state index is 0.285. The molecule has 3 aliphatic rings. The zero-order chi connectivity index (χ0) is 48.2. The Bertz CT molecular complexity index is 3410. The lowest BCUT2D eigenvalue weighted by Gasteiger charge is -2.27. The maximum absolute atomic E-state index is 11.7. The van der Waals surface area contributed by atoms with Gasteiger partial charge in [0, 0.05) is 66.2 Å². The Hall–Kier alpha value is -4.60. The molecular weight excluding hydrogens is 1040 g/mol. The number of hydrogen-bond donors (Lipinski definition) is 2. The number of thioether (sulfide) groups is 1. The first-order valence-electron chi connectivity index (χ1n) is 22.8. The molecule has 68 heavy (non-hydrogen) atoms. The van der Waals surface area contributed by atoms with Gasteiger partial charge in [0.2, 0.25) is 5.69 Å². The number of benzene rings is 6. The molecule has 0 aromatic heterocycles. The zero-order valence-electron chi connectivity index (χ0n) is 38.3. The van der Waals surface area contributed by atoms with Gasteiger partial charge >= 0.3 is 0 Å². The fourth-order valence-electron chi connectivity index (χ4n) is 10.4. The predicted molar refractivity (Wildman–Crippen MR) is 289 cm³/mol. The van der Waals surface area contributed by atoms with Gasteiger partial charge in [0.25, 0.3) is 20.2 Å². The third-order valence-electron chi connectivity index (χ3n) is 13.5. The van der Waals surface area contributed by atoms with Gasteiger partial charge in [-0.2, -0.15) is 21.4 Å². The molecule has 1 aliphatic carbocycles. The Labute approximate surface area is 421 Å². The van der Waals surface area contributed by atoms with Crippen LogP contribution in [0.3, 0.4) is 0 Å². The molecule has 350 valence electrons. The van der Waals surface area contributed by atoms with Crippen molar-refractivity contribution in [1.82, 2.24) is 0 Å². The second-order valence-electron chi connectivity index (χ2n) is 18.7. The summed E-state index contributed by atoms with van der Waals surface area (Å²) in [7, 11) is -8.17. The van der Waals surface area contributed by atoms with E-state index in [0.29, 0.717) is 38.8 Å². The Morgan fingerprint density at radius 3 is 1.91 bits per heavy atom. The van der Waals surface area contributed by atoms with Crippen molar-refractivity contribution in [3.63, 3.8) is 0 Å². The number of fused-ring (bicyclic) bond motifs is 7. The topological polar surface area (TPSA) is 115 Å². The number of nitrogens with zero attached hydrogens (tertiary/aromatic N) is 2. The van der Waals surface area contributed by atoms with Crippen molar-refractivity contribution >= 4 is 114 Å². The van der Waals surface area contributed by atoms with Gasteiger partial charge in [-0.3, -0.25) is 9.11 Å². The van der Waals surface area contributed by atoms with Crippen LogP contribution in [0.4, 0.5) is 11.4 Å². The lowest BCUT2D eigenvalue weighted by molar-refractivity contribution is -0.438. The average Bonchev–Trinajstić information content (AvgIpc) is 3.78. The second-order valence-corrected chi connectivity index (χ2v) is 24.8. The van der Waals surface area contributed by atoms with Crippen LogP contribution in [0.1, 0.15) is 75.6 Å². The van der Waals surface area contributed by atoms with Crippen molar-refractivity contribution in [2.24, 2.45) is 0 Å². The summed E-state index contributed by atoms with van der Waals surface area (Å²) in [6, 6.07) is 40.4. The molecule has 2 N–H and O–H groups in total. The number of unbranched alkanes of at least 4 members (excludes halogenated alkanes) is 2. The summed E-state index contributed by atoms with van der Waals surface area (Å²) in [5.74, 6) is -0.570. The lowest BCUT2D eigenvalue weighted by atomic mass is 9.79. The fraction of sp³-hybridized carbons (Fsp3) is 0.255. The van der Waals surface area contributed by atoms with Gasteiger partial charge in [-0.25, -0.2) is 0 Å². The van der Waals surface area contributed by atoms with Gasteiger partial charge in [0.1, 0.15) is 6.54 Å². The summed E-state index contributed by atoms with van der Waals surface area (Å²) < 4.78 is 70.5. The van der Waals surface area contributed by atoms with Crippen LogP contribution >= 0.6 is 43.6 Å². The maximum Gasteiger partial charge on any atom is 0.264 e. The number of hydrogen-bond acceptors (Lipinski definition) is 6. The van der Waals surface area contributed by atoms with Crippen molar-refractivity contribution in [1.29, 1.82) is 0 Å². The van der Waals surface area contributed by atoms with E-state index in [9.17, 15) is 25.9 Å². The van der Waals surface area contributed by atoms with E-state index in [4.69, 9.17) is 0 Å². The Kier molecular flexibility index (Phi) is 13.5. The third-order valence-corrected chi connectivity index (χ3v) is 17.2. The smallest absolute Gasteiger partial charge is 0.264 e. The van der Waals surface area contributed by atoms with E-state index in [2.05, 4.69) is 203 Å². The summed E-state index contributed by atoms with van der Waals surface area (Å²) in [4.78, 5) is 4.54. The molecule has 2 aliphatic heterocycles. The minimum atomic E-state index is -4.09. The largest absolute Gasteiger partial charge is 0.344 e.